The van der Waals surface area contributed by atoms with Gasteiger partial charge >= 0.3 is 0 Å². The second-order valence-corrected chi connectivity index (χ2v) is 4.83. The summed E-state index contributed by atoms with van der Waals surface area (Å²) in [6, 6.07) is 0. The summed E-state index contributed by atoms with van der Waals surface area (Å²) in [5.74, 6) is 0. The van der Waals surface area contributed by atoms with E-state index in [1.165, 1.54) is 22.3 Å². The molecule has 0 spiro atoms. The smallest absolute Gasteiger partial charge is 0.0445 e. The van der Waals surface area contributed by atoms with Crippen LogP contribution in [0.5, 0.6) is 0 Å². The largest absolute Gasteiger partial charge is 0.100 e. The van der Waals surface area contributed by atoms with E-state index in [2.05, 4.69) is 26.3 Å². The van der Waals surface area contributed by atoms with E-state index in [9.17, 15) is 0 Å². The Morgan fingerprint density at radius 2 is 0.375 bits per heavy atom. The van der Waals surface area contributed by atoms with Crippen LogP contribution >= 0.6 is 0 Å². The molecule has 16 heavy (non-hydrogen) atoms. The molecule has 0 rings (SSSR count). The molecule has 0 nitrogen and oxygen atoms in total. The molecule has 0 aliphatic carbocycles. The van der Waals surface area contributed by atoms with E-state index in [1.807, 2.05) is 55.4 Å². The fourth-order valence-corrected chi connectivity index (χ4v) is 0. The molecule has 0 N–H and O–H groups in total. The molecule has 0 unspecified atom stereocenters. The van der Waals surface area contributed by atoms with Crippen LogP contribution < -0.4 is 0 Å². The van der Waals surface area contributed by atoms with Gasteiger partial charge in [0.25, 0.3) is 0 Å². The first-order chi connectivity index (χ1) is 6.93. The van der Waals surface area contributed by atoms with Crippen molar-refractivity contribution in [2.45, 2.75) is 55.4 Å². The molecule has 0 saturated carbocycles. The van der Waals surface area contributed by atoms with Crippen LogP contribution in [0.2, 0.25) is 0 Å². The highest BCUT2D eigenvalue weighted by Crippen LogP contribution is 1.74. The van der Waals surface area contributed by atoms with Gasteiger partial charge in [-0.15, -0.1) is 26.3 Å². The maximum Gasteiger partial charge on any atom is -0.0445 e. The summed E-state index contributed by atoms with van der Waals surface area (Å²) >= 11 is 0. The second kappa shape index (κ2) is 19.5. The summed E-state index contributed by atoms with van der Waals surface area (Å²) in [4.78, 5) is 0. The van der Waals surface area contributed by atoms with Crippen molar-refractivity contribution in [3.8, 4) is 0 Å². The lowest BCUT2D eigenvalue weighted by atomic mass is 10.4. The molecule has 0 aromatic carbocycles. The minimum atomic E-state index is 1.17. The summed E-state index contributed by atoms with van der Waals surface area (Å²) < 4.78 is 0. The predicted molar refractivity (Wildman–Crippen MR) is 82.0 cm³/mol. The molecule has 0 saturated heterocycles. The summed E-state index contributed by atoms with van der Waals surface area (Å²) in [7, 11) is 0. The third kappa shape index (κ3) is 1710. The van der Waals surface area contributed by atoms with E-state index in [4.69, 9.17) is 0 Å². The predicted octanol–water partition coefficient (Wildman–Crippen LogP) is 6.33. The Kier molecular flexibility index (Phi) is 29.6. The van der Waals surface area contributed by atoms with Crippen molar-refractivity contribution >= 4 is 0 Å². The van der Waals surface area contributed by atoms with Crippen LogP contribution in [0.25, 0.3) is 0 Å². The Balaban J connectivity index is -0.0000000600. The number of hydrogen-bond donors (Lipinski definition) is 0. The van der Waals surface area contributed by atoms with Crippen molar-refractivity contribution in [2.24, 2.45) is 0 Å². The van der Waals surface area contributed by atoms with Gasteiger partial charge in [0.05, 0.1) is 0 Å². The molecule has 0 aromatic heterocycles. The zero-order chi connectivity index (χ0) is 14.3. The first-order valence-electron chi connectivity index (χ1n) is 5.41. The zero-order valence-electron chi connectivity index (χ0n) is 12.8. The van der Waals surface area contributed by atoms with Gasteiger partial charge < -0.3 is 0 Å². The van der Waals surface area contributed by atoms with Crippen LogP contribution in [0.1, 0.15) is 55.4 Å². The summed E-state index contributed by atoms with van der Waals surface area (Å²) in [5.41, 5.74) is 4.67. The molecular weight excluding hydrogens is 192 g/mol. The van der Waals surface area contributed by atoms with Gasteiger partial charge in [-0.1, -0.05) is 22.3 Å². The first kappa shape index (κ1) is 24.3. The maximum atomic E-state index is 3.56. The van der Waals surface area contributed by atoms with Gasteiger partial charge in [0.1, 0.15) is 0 Å². The normalized spacial score (nSPS) is 6.50. The van der Waals surface area contributed by atoms with Crippen molar-refractivity contribution in [3.63, 3.8) is 0 Å². The molecule has 0 aliphatic heterocycles. The maximum absolute atomic E-state index is 3.56. The lowest BCUT2D eigenvalue weighted by molar-refractivity contribution is 1.42. The third-order valence-electron chi connectivity index (χ3n) is 0. The van der Waals surface area contributed by atoms with Crippen LogP contribution in [0.4, 0.5) is 0 Å². The summed E-state index contributed by atoms with van der Waals surface area (Å²) in [5, 5.41) is 0. The standard InChI is InChI=1S/4C4H8/c4*1-4(2)3/h4*1H2,2-3H3. The molecule has 0 aromatic rings. The van der Waals surface area contributed by atoms with E-state index in [0.717, 1.165) is 0 Å². The average molecular weight is 224 g/mol. The van der Waals surface area contributed by atoms with E-state index in [1.54, 1.807) is 0 Å². The Hall–Kier alpha value is -1.04. The Bertz CT molecular complexity index is 140. The van der Waals surface area contributed by atoms with Gasteiger partial charge in [-0.2, -0.15) is 0 Å². The van der Waals surface area contributed by atoms with Crippen LogP contribution in [0, 0.1) is 0 Å². The monoisotopic (exact) mass is 224 g/mol. The lowest BCUT2D eigenvalue weighted by Gasteiger charge is -1.65. The molecule has 96 valence electrons. The molecular formula is C16H32. The highest BCUT2D eigenvalue weighted by atomic mass is 13.6. The van der Waals surface area contributed by atoms with Gasteiger partial charge in [0.2, 0.25) is 0 Å². The molecule has 0 aliphatic rings. The SMILES string of the molecule is C=C(C)C.C=C(C)C.C=C(C)C.C=C(C)C. The quantitative estimate of drug-likeness (QED) is 0.422. The van der Waals surface area contributed by atoms with Crippen molar-refractivity contribution in [1.29, 1.82) is 0 Å². The molecule has 0 fully saturated rings. The van der Waals surface area contributed by atoms with Crippen LogP contribution in [0.15, 0.2) is 48.6 Å². The second-order valence-electron chi connectivity index (χ2n) is 4.83. The lowest BCUT2D eigenvalue weighted by Crippen LogP contribution is -1.43. The summed E-state index contributed by atoms with van der Waals surface area (Å²) in [6.45, 7) is 30.0. The molecule has 0 atom stereocenters. The number of hydrogen-bond acceptors (Lipinski definition) is 0. The highest BCUT2D eigenvalue weighted by Gasteiger charge is 1.52. The van der Waals surface area contributed by atoms with Crippen molar-refractivity contribution in [3.05, 3.63) is 48.6 Å². The number of allylic oxidation sites excluding steroid dienone is 4. The fraction of sp³-hybridized carbons (Fsp3) is 0.500. The van der Waals surface area contributed by atoms with Crippen LogP contribution in [-0.4, -0.2) is 0 Å². The molecule has 0 radical (unpaired) electrons. The van der Waals surface area contributed by atoms with Gasteiger partial charge in [-0.25, -0.2) is 0 Å². The Morgan fingerprint density at radius 3 is 0.375 bits per heavy atom. The molecule has 0 heterocycles. The van der Waals surface area contributed by atoms with Crippen molar-refractivity contribution in [2.75, 3.05) is 0 Å². The molecule has 0 amide bonds. The Labute approximate surface area is 104 Å². The minimum Gasteiger partial charge on any atom is -0.100 e. The van der Waals surface area contributed by atoms with Gasteiger partial charge in [0.15, 0.2) is 0 Å². The average Bonchev–Trinajstić information content (AvgIpc) is 1.76. The van der Waals surface area contributed by atoms with Gasteiger partial charge in [-0.05, 0) is 55.4 Å². The van der Waals surface area contributed by atoms with Gasteiger partial charge in [-0.3, -0.25) is 0 Å². The van der Waals surface area contributed by atoms with Crippen molar-refractivity contribution < 1.29 is 0 Å². The van der Waals surface area contributed by atoms with E-state index < -0.39 is 0 Å². The van der Waals surface area contributed by atoms with E-state index >= 15 is 0 Å². The fourth-order valence-electron chi connectivity index (χ4n) is 0. The summed E-state index contributed by atoms with van der Waals surface area (Å²) in [6.07, 6.45) is 0. The van der Waals surface area contributed by atoms with Crippen molar-refractivity contribution in [1.82, 2.24) is 0 Å². The number of rotatable bonds is 0. The molecule has 0 bridgehead atoms. The highest BCUT2D eigenvalue weighted by molar-refractivity contribution is 4.79. The topological polar surface area (TPSA) is 0 Å². The van der Waals surface area contributed by atoms with Crippen LogP contribution in [0.3, 0.4) is 0 Å². The minimum absolute atomic E-state index is 1.17. The Morgan fingerprint density at radius 1 is 0.375 bits per heavy atom. The molecule has 0 heteroatoms. The third-order valence-corrected chi connectivity index (χ3v) is 0. The van der Waals surface area contributed by atoms with Crippen LogP contribution in [-0.2, 0) is 0 Å². The van der Waals surface area contributed by atoms with E-state index in [-0.39, 0.29) is 0 Å². The van der Waals surface area contributed by atoms with Gasteiger partial charge in [0, 0.05) is 0 Å². The van der Waals surface area contributed by atoms with E-state index in [0.29, 0.717) is 0 Å². The zero-order valence-corrected chi connectivity index (χ0v) is 12.8. The first-order valence-corrected chi connectivity index (χ1v) is 5.41.